The lowest BCUT2D eigenvalue weighted by Crippen LogP contribution is -2.06. The number of anilines is 1. The van der Waals surface area contributed by atoms with E-state index in [2.05, 4.69) is 15.5 Å². The van der Waals surface area contributed by atoms with Crippen LogP contribution in [0.2, 0.25) is 0 Å². The summed E-state index contributed by atoms with van der Waals surface area (Å²) in [4.78, 5) is 0. The minimum atomic E-state index is 0.278. The number of hydrogen-bond acceptors (Lipinski definition) is 6. The molecule has 0 aliphatic rings. The van der Waals surface area contributed by atoms with Crippen molar-refractivity contribution in [1.29, 1.82) is 0 Å². The molecule has 0 saturated heterocycles. The Balaban J connectivity index is 2.25. The molecule has 2 aromatic rings. The first-order chi connectivity index (χ1) is 8.24. The van der Waals surface area contributed by atoms with E-state index in [0.717, 1.165) is 5.56 Å². The number of rotatable bonds is 4. The smallest absolute Gasteiger partial charge is 0.240 e. The van der Waals surface area contributed by atoms with Crippen LogP contribution >= 0.6 is 0 Å². The van der Waals surface area contributed by atoms with Crippen molar-refractivity contribution in [2.75, 3.05) is 20.0 Å². The third kappa shape index (κ3) is 2.27. The molecule has 0 spiro atoms. The summed E-state index contributed by atoms with van der Waals surface area (Å²) in [5, 5.41) is 10.9. The Hall–Kier alpha value is -2.31. The topological polar surface area (TPSA) is 88.1 Å². The molecule has 0 radical (unpaired) electrons. The van der Waals surface area contributed by atoms with Crippen LogP contribution in [0.25, 0.3) is 0 Å². The molecule has 7 nitrogen and oxygen atoms in total. The molecule has 0 bridgehead atoms. The van der Waals surface area contributed by atoms with Gasteiger partial charge in [0.2, 0.25) is 5.95 Å². The molecule has 1 aromatic carbocycles. The highest BCUT2D eigenvalue weighted by Gasteiger charge is 2.07. The largest absolute Gasteiger partial charge is 0.493 e. The monoisotopic (exact) mass is 235 g/mol. The van der Waals surface area contributed by atoms with Crippen LogP contribution in [0.15, 0.2) is 18.2 Å². The van der Waals surface area contributed by atoms with Crippen molar-refractivity contribution in [2.45, 2.75) is 6.54 Å². The van der Waals surface area contributed by atoms with Crippen LogP contribution in [0, 0.1) is 0 Å². The average Bonchev–Trinajstić information content (AvgIpc) is 2.75. The summed E-state index contributed by atoms with van der Waals surface area (Å²) < 4.78 is 11.9. The van der Waals surface area contributed by atoms with Gasteiger partial charge in [-0.3, -0.25) is 0 Å². The molecule has 1 aromatic heterocycles. The Bertz CT molecular complexity index is 511. The van der Waals surface area contributed by atoms with E-state index in [9.17, 15) is 0 Å². The third-order valence-electron chi connectivity index (χ3n) is 2.34. The van der Waals surface area contributed by atoms with Gasteiger partial charge in [-0.1, -0.05) is 11.2 Å². The van der Waals surface area contributed by atoms with E-state index >= 15 is 0 Å². The SMILES string of the molecule is COc1ccc(Cn2nnnc2N)cc1OC. The second-order valence-electron chi connectivity index (χ2n) is 3.38. The Morgan fingerprint density at radius 3 is 2.59 bits per heavy atom. The zero-order chi connectivity index (χ0) is 12.3. The zero-order valence-electron chi connectivity index (χ0n) is 9.62. The molecule has 0 amide bonds. The second-order valence-corrected chi connectivity index (χ2v) is 3.38. The summed E-state index contributed by atoms with van der Waals surface area (Å²) in [5.74, 6) is 1.62. The Morgan fingerprint density at radius 1 is 1.24 bits per heavy atom. The molecule has 90 valence electrons. The van der Waals surface area contributed by atoms with Crippen molar-refractivity contribution in [1.82, 2.24) is 20.2 Å². The minimum absolute atomic E-state index is 0.278. The summed E-state index contributed by atoms with van der Waals surface area (Å²) in [5.41, 5.74) is 6.56. The molecule has 2 N–H and O–H groups in total. The lowest BCUT2D eigenvalue weighted by molar-refractivity contribution is 0.354. The molecule has 7 heteroatoms. The Kier molecular flexibility index (Phi) is 3.08. The first-order valence-electron chi connectivity index (χ1n) is 4.97. The second kappa shape index (κ2) is 4.69. The maximum Gasteiger partial charge on any atom is 0.240 e. The first-order valence-corrected chi connectivity index (χ1v) is 4.97. The first kappa shape index (κ1) is 11.2. The fraction of sp³-hybridized carbons (Fsp3) is 0.300. The fourth-order valence-electron chi connectivity index (χ4n) is 1.48. The summed E-state index contributed by atoms with van der Waals surface area (Å²) in [6.45, 7) is 0.485. The minimum Gasteiger partial charge on any atom is -0.493 e. The number of ether oxygens (including phenoxy) is 2. The highest BCUT2D eigenvalue weighted by atomic mass is 16.5. The number of hydrogen-bond donors (Lipinski definition) is 1. The molecule has 0 fully saturated rings. The lowest BCUT2D eigenvalue weighted by Gasteiger charge is -2.09. The fourth-order valence-corrected chi connectivity index (χ4v) is 1.48. The van der Waals surface area contributed by atoms with Gasteiger partial charge in [0, 0.05) is 0 Å². The Labute approximate surface area is 98.1 Å². The number of nitrogens with zero attached hydrogens (tertiary/aromatic N) is 4. The van der Waals surface area contributed by atoms with Crippen molar-refractivity contribution in [3.8, 4) is 11.5 Å². The number of benzene rings is 1. The van der Waals surface area contributed by atoms with E-state index < -0.39 is 0 Å². The number of aromatic nitrogens is 4. The molecule has 0 aliphatic heterocycles. The van der Waals surface area contributed by atoms with Crippen LogP contribution in [-0.2, 0) is 6.54 Å². The molecule has 1 heterocycles. The maximum atomic E-state index is 5.59. The molecule has 0 atom stereocenters. The van der Waals surface area contributed by atoms with Gasteiger partial charge in [-0.2, -0.15) is 0 Å². The van der Waals surface area contributed by atoms with Crippen LogP contribution in [-0.4, -0.2) is 34.4 Å². The van der Waals surface area contributed by atoms with Gasteiger partial charge in [0.15, 0.2) is 11.5 Å². The van der Waals surface area contributed by atoms with E-state index in [1.54, 1.807) is 14.2 Å². The molecule has 17 heavy (non-hydrogen) atoms. The van der Waals surface area contributed by atoms with Gasteiger partial charge in [0.25, 0.3) is 0 Å². The quantitative estimate of drug-likeness (QED) is 0.821. The average molecular weight is 235 g/mol. The number of methoxy groups -OCH3 is 2. The van der Waals surface area contributed by atoms with Gasteiger partial charge >= 0.3 is 0 Å². The molecule has 0 unspecified atom stereocenters. The summed E-state index contributed by atoms with van der Waals surface area (Å²) >= 11 is 0. The standard InChI is InChI=1S/C10H13N5O2/c1-16-8-4-3-7(5-9(8)17-2)6-15-10(11)12-13-14-15/h3-5H,6H2,1-2H3,(H2,11,12,14). The highest BCUT2D eigenvalue weighted by molar-refractivity contribution is 5.43. The van der Waals surface area contributed by atoms with Crippen molar-refractivity contribution in [3.05, 3.63) is 23.8 Å². The molecule has 2 rings (SSSR count). The summed E-state index contributed by atoms with van der Waals surface area (Å²) in [7, 11) is 3.18. The van der Waals surface area contributed by atoms with Crippen LogP contribution in [0.5, 0.6) is 11.5 Å². The normalized spacial score (nSPS) is 10.2. The summed E-state index contributed by atoms with van der Waals surface area (Å²) in [6.07, 6.45) is 0. The zero-order valence-corrected chi connectivity index (χ0v) is 9.62. The predicted molar refractivity (Wildman–Crippen MR) is 60.9 cm³/mol. The van der Waals surface area contributed by atoms with Gasteiger partial charge in [0.1, 0.15) is 0 Å². The van der Waals surface area contributed by atoms with Gasteiger partial charge in [-0.15, -0.1) is 0 Å². The van der Waals surface area contributed by atoms with Crippen LogP contribution in [0.1, 0.15) is 5.56 Å². The van der Waals surface area contributed by atoms with Crippen molar-refractivity contribution >= 4 is 5.95 Å². The predicted octanol–water partition coefficient (Wildman–Crippen LogP) is 0.321. The van der Waals surface area contributed by atoms with Gasteiger partial charge in [-0.05, 0) is 28.1 Å². The number of nitrogens with two attached hydrogens (primary N) is 1. The van der Waals surface area contributed by atoms with Gasteiger partial charge in [0.05, 0.1) is 20.8 Å². The van der Waals surface area contributed by atoms with Crippen molar-refractivity contribution in [3.63, 3.8) is 0 Å². The van der Waals surface area contributed by atoms with E-state index in [-0.39, 0.29) is 5.95 Å². The summed E-state index contributed by atoms with van der Waals surface area (Å²) in [6, 6.07) is 5.59. The maximum absolute atomic E-state index is 5.59. The van der Waals surface area contributed by atoms with Gasteiger partial charge in [-0.25, -0.2) is 4.68 Å². The van der Waals surface area contributed by atoms with Crippen LogP contribution in [0.3, 0.4) is 0 Å². The highest BCUT2D eigenvalue weighted by Crippen LogP contribution is 2.27. The molecular formula is C10H13N5O2. The van der Waals surface area contributed by atoms with E-state index in [1.165, 1.54) is 4.68 Å². The molecule has 0 aliphatic carbocycles. The molecule has 0 saturated carbocycles. The number of tetrazole rings is 1. The third-order valence-corrected chi connectivity index (χ3v) is 2.34. The van der Waals surface area contributed by atoms with Crippen molar-refractivity contribution in [2.24, 2.45) is 0 Å². The van der Waals surface area contributed by atoms with Gasteiger partial charge < -0.3 is 15.2 Å². The van der Waals surface area contributed by atoms with E-state index in [4.69, 9.17) is 15.2 Å². The van der Waals surface area contributed by atoms with E-state index in [0.29, 0.717) is 18.0 Å². The number of nitrogen functional groups attached to an aromatic ring is 1. The van der Waals surface area contributed by atoms with Crippen LogP contribution < -0.4 is 15.2 Å². The van der Waals surface area contributed by atoms with E-state index in [1.807, 2.05) is 18.2 Å². The lowest BCUT2D eigenvalue weighted by atomic mass is 10.2. The Morgan fingerprint density at radius 2 is 2.00 bits per heavy atom. The van der Waals surface area contributed by atoms with Crippen LogP contribution in [0.4, 0.5) is 5.95 Å². The van der Waals surface area contributed by atoms with Crippen molar-refractivity contribution < 1.29 is 9.47 Å². The molecular weight excluding hydrogens is 222 g/mol.